The van der Waals surface area contributed by atoms with Gasteiger partial charge in [0.15, 0.2) is 0 Å². The molecule has 3 N–H and O–H groups in total. The van der Waals surface area contributed by atoms with Crippen LogP contribution in [0.3, 0.4) is 0 Å². The molecule has 2 atom stereocenters. The molecule has 3 nitrogen and oxygen atoms in total. The Labute approximate surface area is 115 Å². The van der Waals surface area contributed by atoms with Crippen molar-refractivity contribution >= 4 is 11.9 Å². The van der Waals surface area contributed by atoms with Crippen LogP contribution in [0.5, 0.6) is 0 Å². The smallest absolute Gasteiger partial charge is 0.119 e. The van der Waals surface area contributed by atoms with Crippen molar-refractivity contribution in [1.29, 1.82) is 0 Å². The minimum Gasteiger partial charge on any atom is -0.306 e. The van der Waals surface area contributed by atoms with E-state index in [1.807, 2.05) is 11.9 Å². The van der Waals surface area contributed by atoms with Gasteiger partial charge >= 0.3 is 0 Å². The van der Waals surface area contributed by atoms with Crippen molar-refractivity contribution in [1.82, 2.24) is 9.62 Å². The van der Waals surface area contributed by atoms with Crippen molar-refractivity contribution < 1.29 is 0 Å². The number of hydrogen-bond donors (Lipinski definition) is 2. The summed E-state index contributed by atoms with van der Waals surface area (Å²) in [6, 6.07) is 0.775. The van der Waals surface area contributed by atoms with Crippen molar-refractivity contribution in [2.24, 2.45) is 11.7 Å². The molecule has 0 radical (unpaired) electrons. The first kappa shape index (κ1) is 13.2. The maximum Gasteiger partial charge on any atom is 0.119 e. The Kier molecular flexibility index (Phi) is 4.50. The van der Waals surface area contributed by atoms with Gasteiger partial charge in [-0.2, -0.15) is 0 Å². The van der Waals surface area contributed by atoms with Crippen LogP contribution in [0.25, 0.3) is 0 Å². The molecule has 3 fully saturated rings. The standard InChI is InChI=1S/C14H27N3S/c15-14-16-13(11-7-3-1-4-8-11)17(18-14)12-9-5-2-6-10-12/h11-14,16H,1-10,15H2. The number of hydrogen-bond acceptors (Lipinski definition) is 4. The molecule has 104 valence electrons. The van der Waals surface area contributed by atoms with Crippen LogP contribution in [0.15, 0.2) is 0 Å². The summed E-state index contributed by atoms with van der Waals surface area (Å²) in [7, 11) is 0. The zero-order valence-corrected chi connectivity index (χ0v) is 12.1. The molecule has 0 aromatic rings. The lowest BCUT2D eigenvalue weighted by molar-refractivity contribution is 0.135. The van der Waals surface area contributed by atoms with E-state index in [9.17, 15) is 0 Å². The fraction of sp³-hybridized carbons (Fsp3) is 1.00. The first-order valence-corrected chi connectivity index (χ1v) is 8.65. The predicted molar refractivity (Wildman–Crippen MR) is 77.8 cm³/mol. The van der Waals surface area contributed by atoms with E-state index < -0.39 is 0 Å². The second kappa shape index (κ2) is 6.12. The molecule has 1 heterocycles. The van der Waals surface area contributed by atoms with E-state index in [2.05, 4.69) is 9.62 Å². The van der Waals surface area contributed by atoms with Crippen LogP contribution in [-0.2, 0) is 0 Å². The first-order valence-electron chi connectivity index (χ1n) is 7.81. The number of nitrogens with one attached hydrogen (secondary N) is 1. The van der Waals surface area contributed by atoms with E-state index in [0.717, 1.165) is 12.0 Å². The van der Waals surface area contributed by atoms with Crippen molar-refractivity contribution in [2.45, 2.75) is 81.9 Å². The van der Waals surface area contributed by atoms with Gasteiger partial charge in [0.25, 0.3) is 0 Å². The van der Waals surface area contributed by atoms with Crippen LogP contribution in [0.1, 0.15) is 64.2 Å². The highest BCUT2D eigenvalue weighted by molar-refractivity contribution is 7.97. The summed E-state index contributed by atoms with van der Waals surface area (Å²) < 4.78 is 2.65. The molecule has 18 heavy (non-hydrogen) atoms. The molecule has 1 saturated heterocycles. The third-order valence-corrected chi connectivity index (χ3v) is 6.01. The van der Waals surface area contributed by atoms with Crippen LogP contribution in [-0.4, -0.2) is 22.0 Å². The van der Waals surface area contributed by atoms with Crippen molar-refractivity contribution in [3.63, 3.8) is 0 Å². The Hall–Kier alpha value is 0.230. The summed E-state index contributed by atoms with van der Waals surface area (Å²) in [6.07, 6.45) is 14.6. The average Bonchev–Trinajstić information content (AvgIpc) is 2.83. The van der Waals surface area contributed by atoms with Gasteiger partial charge in [-0.1, -0.05) is 38.5 Å². The van der Waals surface area contributed by atoms with Crippen molar-refractivity contribution in [2.75, 3.05) is 0 Å². The van der Waals surface area contributed by atoms with Crippen molar-refractivity contribution in [3.05, 3.63) is 0 Å². The molecule has 2 aliphatic carbocycles. The second-order valence-electron chi connectivity index (χ2n) is 6.19. The maximum absolute atomic E-state index is 6.14. The van der Waals surface area contributed by atoms with E-state index in [1.54, 1.807) is 0 Å². The molecule has 1 aliphatic heterocycles. The lowest BCUT2D eigenvalue weighted by atomic mass is 9.86. The van der Waals surface area contributed by atoms with E-state index in [-0.39, 0.29) is 5.50 Å². The van der Waals surface area contributed by atoms with E-state index in [1.165, 1.54) is 64.2 Å². The van der Waals surface area contributed by atoms with Gasteiger partial charge in [0.2, 0.25) is 0 Å². The summed E-state index contributed by atoms with van der Waals surface area (Å²) in [5.74, 6) is 0.835. The molecule has 3 aliphatic rings. The van der Waals surface area contributed by atoms with Gasteiger partial charge in [-0.05, 0) is 43.5 Å². The fourth-order valence-electron chi connectivity index (χ4n) is 3.91. The highest BCUT2D eigenvalue weighted by Gasteiger charge is 2.40. The molecule has 0 aromatic carbocycles. The SMILES string of the molecule is NC1NC(C2CCCCC2)N(C2CCCCC2)S1. The van der Waals surface area contributed by atoms with E-state index >= 15 is 0 Å². The third-order valence-electron chi connectivity index (χ3n) is 4.88. The van der Waals surface area contributed by atoms with Gasteiger partial charge < -0.3 is 5.73 Å². The zero-order valence-electron chi connectivity index (χ0n) is 11.3. The number of nitrogens with two attached hydrogens (primary N) is 1. The lowest BCUT2D eigenvalue weighted by Gasteiger charge is -2.38. The van der Waals surface area contributed by atoms with Crippen LogP contribution in [0, 0.1) is 5.92 Å². The normalized spacial score (nSPS) is 37.2. The molecular formula is C14H27N3S. The molecular weight excluding hydrogens is 242 g/mol. The topological polar surface area (TPSA) is 41.3 Å². The van der Waals surface area contributed by atoms with Gasteiger partial charge in [-0.3, -0.25) is 5.32 Å². The number of rotatable bonds is 2. The Morgan fingerprint density at radius 1 is 0.889 bits per heavy atom. The Morgan fingerprint density at radius 2 is 1.50 bits per heavy atom. The van der Waals surface area contributed by atoms with Crippen LogP contribution in [0.2, 0.25) is 0 Å². The largest absolute Gasteiger partial charge is 0.306 e. The van der Waals surface area contributed by atoms with Gasteiger partial charge in [-0.25, -0.2) is 4.31 Å². The predicted octanol–water partition coefficient (Wildman–Crippen LogP) is 3.02. The molecule has 2 saturated carbocycles. The molecule has 0 bridgehead atoms. The molecule has 4 heteroatoms. The quantitative estimate of drug-likeness (QED) is 0.756. The minimum atomic E-state index is 0.124. The van der Waals surface area contributed by atoms with Gasteiger partial charge in [0.1, 0.15) is 5.50 Å². The number of nitrogens with zero attached hydrogens (tertiary/aromatic N) is 1. The highest BCUT2D eigenvalue weighted by Crippen LogP contribution is 2.39. The summed E-state index contributed by atoms with van der Waals surface area (Å²) in [5.41, 5.74) is 6.26. The third kappa shape index (κ3) is 2.87. The van der Waals surface area contributed by atoms with Crippen LogP contribution >= 0.6 is 11.9 Å². The Bertz CT molecular complexity index is 236. The van der Waals surface area contributed by atoms with Gasteiger partial charge in [0.05, 0.1) is 6.17 Å². The van der Waals surface area contributed by atoms with E-state index in [4.69, 9.17) is 5.73 Å². The second-order valence-corrected chi connectivity index (χ2v) is 7.33. The van der Waals surface area contributed by atoms with Gasteiger partial charge in [-0.15, -0.1) is 0 Å². The first-order chi connectivity index (χ1) is 8.84. The molecule has 2 unspecified atom stereocenters. The van der Waals surface area contributed by atoms with E-state index in [0.29, 0.717) is 6.17 Å². The van der Waals surface area contributed by atoms with Crippen LogP contribution in [0.4, 0.5) is 0 Å². The summed E-state index contributed by atoms with van der Waals surface area (Å²) in [6.45, 7) is 0. The highest BCUT2D eigenvalue weighted by atomic mass is 32.2. The minimum absolute atomic E-state index is 0.124. The molecule has 0 amide bonds. The fourth-order valence-corrected chi connectivity index (χ4v) is 5.12. The molecule has 3 rings (SSSR count). The molecule has 0 aromatic heterocycles. The van der Waals surface area contributed by atoms with Crippen LogP contribution < -0.4 is 11.1 Å². The molecule has 0 spiro atoms. The summed E-state index contributed by atoms with van der Waals surface area (Å²) in [4.78, 5) is 0. The average molecular weight is 269 g/mol. The Morgan fingerprint density at radius 3 is 2.17 bits per heavy atom. The summed E-state index contributed by atoms with van der Waals surface area (Å²) in [5, 5.41) is 3.64. The zero-order chi connectivity index (χ0) is 12.4. The maximum atomic E-state index is 6.14. The summed E-state index contributed by atoms with van der Waals surface area (Å²) >= 11 is 1.87. The monoisotopic (exact) mass is 269 g/mol. The van der Waals surface area contributed by atoms with Crippen molar-refractivity contribution in [3.8, 4) is 0 Å². The lowest BCUT2D eigenvalue weighted by Crippen LogP contribution is -2.48. The van der Waals surface area contributed by atoms with Gasteiger partial charge in [0, 0.05) is 6.04 Å². The Balaban J connectivity index is 1.65.